The summed E-state index contributed by atoms with van der Waals surface area (Å²) in [6.07, 6.45) is -0.242. The van der Waals surface area contributed by atoms with E-state index in [0.717, 1.165) is 0 Å². The van der Waals surface area contributed by atoms with Gasteiger partial charge >= 0.3 is 6.16 Å². The molecule has 0 amide bonds. The third-order valence-electron chi connectivity index (χ3n) is 1.41. The standard InChI is InChI=1S/C7H10O6S/c1-2-3-14(9,10)12-5-6-4-11-7(8)13-6/h2,6H,1,3-5H2. The second kappa shape index (κ2) is 4.43. The van der Waals surface area contributed by atoms with Crippen LogP contribution in [-0.2, 0) is 23.8 Å². The zero-order chi connectivity index (χ0) is 10.6. The van der Waals surface area contributed by atoms with Gasteiger partial charge in [-0.15, -0.1) is 6.58 Å². The number of hydrogen-bond donors (Lipinski definition) is 0. The third kappa shape index (κ3) is 3.35. The van der Waals surface area contributed by atoms with E-state index in [1.807, 2.05) is 0 Å². The molecule has 1 aliphatic heterocycles. The maximum Gasteiger partial charge on any atom is 0.508 e. The van der Waals surface area contributed by atoms with Crippen LogP contribution in [0.5, 0.6) is 0 Å². The zero-order valence-electron chi connectivity index (χ0n) is 7.34. The summed E-state index contributed by atoms with van der Waals surface area (Å²) in [5.74, 6) is -0.269. The van der Waals surface area contributed by atoms with Crippen molar-refractivity contribution in [2.24, 2.45) is 0 Å². The zero-order valence-corrected chi connectivity index (χ0v) is 8.16. The Morgan fingerprint density at radius 1 is 1.64 bits per heavy atom. The molecular weight excluding hydrogens is 212 g/mol. The summed E-state index contributed by atoms with van der Waals surface area (Å²) in [5.41, 5.74) is 0. The molecule has 0 N–H and O–H groups in total. The summed E-state index contributed by atoms with van der Waals surface area (Å²) in [5, 5.41) is 0. The molecule has 1 rings (SSSR count). The highest BCUT2D eigenvalue weighted by Crippen LogP contribution is 2.07. The molecule has 7 heteroatoms. The van der Waals surface area contributed by atoms with Gasteiger partial charge in [0.1, 0.15) is 13.2 Å². The monoisotopic (exact) mass is 222 g/mol. The minimum atomic E-state index is -3.60. The number of rotatable bonds is 5. The van der Waals surface area contributed by atoms with Crippen molar-refractivity contribution >= 4 is 16.3 Å². The van der Waals surface area contributed by atoms with Gasteiger partial charge in [0.15, 0.2) is 6.10 Å². The van der Waals surface area contributed by atoms with Gasteiger partial charge in [0.2, 0.25) is 0 Å². The van der Waals surface area contributed by atoms with Gasteiger partial charge in [0, 0.05) is 0 Å². The Morgan fingerprint density at radius 2 is 2.36 bits per heavy atom. The normalized spacial score (nSPS) is 21.4. The van der Waals surface area contributed by atoms with Gasteiger partial charge in [-0.3, -0.25) is 4.18 Å². The molecule has 0 bridgehead atoms. The molecule has 1 heterocycles. The first-order valence-electron chi connectivity index (χ1n) is 3.85. The van der Waals surface area contributed by atoms with Crippen LogP contribution in [0.4, 0.5) is 4.79 Å². The van der Waals surface area contributed by atoms with Crippen molar-refractivity contribution in [3.63, 3.8) is 0 Å². The topological polar surface area (TPSA) is 78.9 Å². The van der Waals surface area contributed by atoms with Crippen LogP contribution < -0.4 is 0 Å². The Balaban J connectivity index is 2.33. The highest BCUT2D eigenvalue weighted by Gasteiger charge is 2.26. The molecule has 0 aromatic heterocycles. The average molecular weight is 222 g/mol. The number of cyclic esters (lactones) is 2. The fraction of sp³-hybridized carbons (Fsp3) is 0.571. The van der Waals surface area contributed by atoms with Crippen molar-refractivity contribution < 1.29 is 26.9 Å². The number of hydrogen-bond acceptors (Lipinski definition) is 6. The van der Waals surface area contributed by atoms with Gasteiger partial charge in [-0.25, -0.2) is 4.79 Å². The second-order valence-corrected chi connectivity index (χ2v) is 4.28. The molecule has 1 unspecified atom stereocenters. The highest BCUT2D eigenvalue weighted by atomic mass is 32.2. The van der Waals surface area contributed by atoms with Crippen molar-refractivity contribution in [3.8, 4) is 0 Å². The van der Waals surface area contributed by atoms with E-state index in [1.165, 1.54) is 6.08 Å². The van der Waals surface area contributed by atoms with Crippen LogP contribution in [-0.4, -0.2) is 39.6 Å². The summed E-state index contributed by atoms with van der Waals surface area (Å²) in [6.45, 7) is 3.06. The summed E-state index contributed by atoms with van der Waals surface area (Å²) >= 11 is 0. The maximum atomic E-state index is 11.0. The van der Waals surface area contributed by atoms with Gasteiger partial charge in [0.25, 0.3) is 10.1 Å². The molecule has 0 aromatic carbocycles. The summed E-state index contributed by atoms with van der Waals surface area (Å²) in [4.78, 5) is 10.4. The average Bonchev–Trinajstić information content (AvgIpc) is 2.48. The van der Waals surface area contributed by atoms with E-state index >= 15 is 0 Å². The molecule has 1 aliphatic rings. The van der Waals surface area contributed by atoms with Crippen LogP contribution in [0.3, 0.4) is 0 Å². The molecule has 0 aliphatic carbocycles. The Labute approximate surface area is 81.6 Å². The third-order valence-corrected chi connectivity index (χ3v) is 2.54. The molecule has 1 fully saturated rings. The molecule has 0 saturated carbocycles. The molecule has 0 radical (unpaired) electrons. The van der Waals surface area contributed by atoms with Crippen LogP contribution in [0.2, 0.25) is 0 Å². The molecule has 80 valence electrons. The van der Waals surface area contributed by atoms with Gasteiger partial charge in [0.05, 0.1) is 5.75 Å². The van der Waals surface area contributed by atoms with E-state index in [0.29, 0.717) is 0 Å². The minimum Gasteiger partial charge on any atom is -0.430 e. The molecule has 14 heavy (non-hydrogen) atoms. The van der Waals surface area contributed by atoms with Crippen molar-refractivity contribution in [2.45, 2.75) is 6.10 Å². The largest absolute Gasteiger partial charge is 0.508 e. The van der Waals surface area contributed by atoms with Crippen LogP contribution in [0, 0.1) is 0 Å². The lowest BCUT2D eigenvalue weighted by Crippen LogP contribution is -2.21. The van der Waals surface area contributed by atoms with E-state index < -0.39 is 22.4 Å². The van der Waals surface area contributed by atoms with Crippen molar-refractivity contribution in [1.82, 2.24) is 0 Å². The van der Waals surface area contributed by atoms with Crippen molar-refractivity contribution in [2.75, 3.05) is 19.0 Å². The molecule has 0 spiro atoms. The summed E-state index contributed by atoms with van der Waals surface area (Å²) in [7, 11) is -3.60. The Bertz CT molecular complexity index is 319. The summed E-state index contributed by atoms with van der Waals surface area (Å²) in [6, 6.07) is 0. The fourth-order valence-corrected chi connectivity index (χ4v) is 1.56. The van der Waals surface area contributed by atoms with Gasteiger partial charge in [-0.2, -0.15) is 8.42 Å². The lowest BCUT2D eigenvalue weighted by Gasteiger charge is -2.06. The second-order valence-electron chi connectivity index (χ2n) is 2.60. The van der Waals surface area contributed by atoms with E-state index in [4.69, 9.17) is 0 Å². The van der Waals surface area contributed by atoms with Crippen molar-refractivity contribution in [1.29, 1.82) is 0 Å². The molecule has 1 atom stereocenters. The van der Waals surface area contributed by atoms with Crippen LogP contribution in [0.15, 0.2) is 12.7 Å². The number of carbonyl (C=O) groups is 1. The number of carbonyl (C=O) groups excluding carboxylic acids is 1. The Morgan fingerprint density at radius 3 is 2.86 bits per heavy atom. The van der Waals surface area contributed by atoms with Crippen LogP contribution in [0.25, 0.3) is 0 Å². The minimum absolute atomic E-state index is 0.0163. The van der Waals surface area contributed by atoms with E-state index in [9.17, 15) is 13.2 Å². The van der Waals surface area contributed by atoms with Crippen LogP contribution >= 0.6 is 0 Å². The molecule has 0 aromatic rings. The van der Waals surface area contributed by atoms with Crippen molar-refractivity contribution in [3.05, 3.63) is 12.7 Å². The van der Waals surface area contributed by atoms with E-state index in [2.05, 4.69) is 20.2 Å². The Hall–Kier alpha value is -1.08. The fourth-order valence-electron chi connectivity index (χ4n) is 0.819. The quantitative estimate of drug-likeness (QED) is 0.371. The van der Waals surface area contributed by atoms with E-state index in [1.54, 1.807) is 0 Å². The lowest BCUT2D eigenvalue weighted by atomic mass is 10.4. The summed E-state index contributed by atoms with van der Waals surface area (Å²) < 4.78 is 35.5. The Kier molecular flexibility index (Phi) is 3.48. The predicted octanol–water partition coefficient (Wildman–Crippen LogP) is 0.0542. The van der Waals surface area contributed by atoms with Crippen LogP contribution in [0.1, 0.15) is 0 Å². The van der Waals surface area contributed by atoms with Gasteiger partial charge in [-0.1, -0.05) is 6.08 Å². The number of ether oxygens (including phenoxy) is 2. The van der Waals surface area contributed by atoms with Gasteiger partial charge < -0.3 is 9.47 Å². The van der Waals surface area contributed by atoms with E-state index in [-0.39, 0.29) is 19.0 Å². The predicted molar refractivity (Wildman–Crippen MR) is 46.2 cm³/mol. The molecular formula is C7H10O6S. The highest BCUT2D eigenvalue weighted by molar-refractivity contribution is 7.86. The first kappa shape index (κ1) is 11.0. The SMILES string of the molecule is C=CCS(=O)(=O)OCC1COC(=O)O1. The van der Waals surface area contributed by atoms with Gasteiger partial charge in [-0.05, 0) is 0 Å². The maximum absolute atomic E-state index is 11.0. The lowest BCUT2D eigenvalue weighted by molar-refractivity contribution is 0.0997. The molecule has 1 saturated heterocycles. The molecule has 6 nitrogen and oxygen atoms in total. The smallest absolute Gasteiger partial charge is 0.430 e. The first-order chi connectivity index (χ1) is 6.53. The first-order valence-corrected chi connectivity index (χ1v) is 5.42.